The number of para-hydroxylation sites is 2. The van der Waals surface area contributed by atoms with Crippen molar-refractivity contribution < 1.29 is 33.4 Å². The number of esters is 1. The maximum atomic E-state index is 12.4. The predicted molar refractivity (Wildman–Crippen MR) is 105 cm³/mol. The second-order valence-corrected chi connectivity index (χ2v) is 7.27. The number of nitrogens with one attached hydrogen (secondary N) is 1. The minimum Gasteiger partial charge on any atom is -0.493 e. The van der Waals surface area contributed by atoms with Crippen molar-refractivity contribution in [1.82, 2.24) is 10.2 Å². The number of methoxy groups -OCH3 is 1. The van der Waals surface area contributed by atoms with E-state index in [0.29, 0.717) is 24.3 Å². The molecule has 9 nitrogen and oxygen atoms in total. The van der Waals surface area contributed by atoms with E-state index in [9.17, 15) is 19.2 Å². The van der Waals surface area contributed by atoms with E-state index < -0.39 is 25.0 Å². The molecule has 162 valence electrons. The van der Waals surface area contributed by atoms with Gasteiger partial charge in [-0.3, -0.25) is 24.1 Å². The predicted octanol–water partition coefficient (Wildman–Crippen LogP) is 0.909. The first kappa shape index (κ1) is 21.6. The number of rotatable bonds is 9. The molecule has 1 N–H and O–H groups in total. The van der Waals surface area contributed by atoms with Crippen LogP contribution >= 0.6 is 0 Å². The molecular weight excluding hydrogens is 392 g/mol. The van der Waals surface area contributed by atoms with Crippen molar-refractivity contribution in [3.8, 4) is 11.5 Å². The van der Waals surface area contributed by atoms with E-state index in [1.54, 1.807) is 18.2 Å². The van der Waals surface area contributed by atoms with Crippen LogP contribution in [0.4, 0.5) is 0 Å². The van der Waals surface area contributed by atoms with Gasteiger partial charge in [0.25, 0.3) is 5.91 Å². The summed E-state index contributed by atoms with van der Waals surface area (Å²) in [5.74, 6) is -1.38. The van der Waals surface area contributed by atoms with Gasteiger partial charge in [0, 0.05) is 0 Å². The Kier molecular flexibility index (Phi) is 7.26. The summed E-state index contributed by atoms with van der Waals surface area (Å²) in [6.07, 6.45) is 3.19. The number of imide groups is 1. The Bertz CT molecular complexity index is 786. The van der Waals surface area contributed by atoms with Crippen LogP contribution < -0.4 is 14.8 Å². The van der Waals surface area contributed by atoms with Crippen LogP contribution in [0.1, 0.15) is 25.7 Å². The van der Waals surface area contributed by atoms with Crippen LogP contribution in [-0.4, -0.2) is 62.0 Å². The summed E-state index contributed by atoms with van der Waals surface area (Å²) in [6.45, 7) is -0.522. The standard InChI is InChI=1S/C21H26N2O7/c1-28-16-8-4-5-9-17(16)29-11-10-22-18(24)13-30-19(25)12-23-20(26)14-6-2-3-7-15(14)21(23)27/h4-5,8-9,14-15H,2-3,6-7,10-13H2,1H3,(H,22,24)/t14-,15+. The third-order valence-electron chi connectivity index (χ3n) is 5.33. The zero-order valence-electron chi connectivity index (χ0n) is 16.9. The number of likely N-dealkylation sites (tertiary alicyclic amines) is 1. The molecule has 0 unspecified atom stereocenters. The third kappa shape index (κ3) is 5.08. The molecule has 1 aromatic rings. The van der Waals surface area contributed by atoms with E-state index in [1.165, 1.54) is 7.11 Å². The lowest BCUT2D eigenvalue weighted by Gasteiger charge is -2.19. The topological polar surface area (TPSA) is 111 Å². The molecule has 2 atom stereocenters. The van der Waals surface area contributed by atoms with Gasteiger partial charge >= 0.3 is 5.97 Å². The lowest BCUT2D eigenvalue weighted by Crippen LogP contribution is -2.38. The average Bonchev–Trinajstić information content (AvgIpc) is 3.00. The van der Waals surface area contributed by atoms with Crippen molar-refractivity contribution in [2.75, 3.05) is 33.4 Å². The Morgan fingerprint density at radius 1 is 1.07 bits per heavy atom. The Morgan fingerprint density at radius 3 is 2.33 bits per heavy atom. The fourth-order valence-electron chi connectivity index (χ4n) is 3.85. The third-order valence-corrected chi connectivity index (χ3v) is 5.33. The van der Waals surface area contributed by atoms with Gasteiger partial charge < -0.3 is 19.5 Å². The monoisotopic (exact) mass is 418 g/mol. The molecule has 2 fully saturated rings. The van der Waals surface area contributed by atoms with Crippen LogP contribution in [0, 0.1) is 11.8 Å². The lowest BCUT2D eigenvalue weighted by molar-refractivity contribution is -0.154. The van der Waals surface area contributed by atoms with Crippen LogP contribution in [0.3, 0.4) is 0 Å². The van der Waals surface area contributed by atoms with E-state index >= 15 is 0 Å². The maximum Gasteiger partial charge on any atom is 0.326 e. The highest BCUT2D eigenvalue weighted by molar-refractivity contribution is 6.07. The summed E-state index contributed by atoms with van der Waals surface area (Å²) in [5, 5.41) is 2.57. The molecule has 1 saturated heterocycles. The summed E-state index contributed by atoms with van der Waals surface area (Å²) < 4.78 is 15.6. The average molecular weight is 418 g/mol. The molecule has 1 aliphatic carbocycles. The van der Waals surface area contributed by atoms with Crippen LogP contribution in [0.2, 0.25) is 0 Å². The Hall–Kier alpha value is -3.10. The quantitative estimate of drug-likeness (QED) is 0.360. The molecule has 2 aliphatic rings. The molecule has 0 spiro atoms. The number of nitrogens with zero attached hydrogens (tertiary/aromatic N) is 1. The highest BCUT2D eigenvalue weighted by Crippen LogP contribution is 2.37. The van der Waals surface area contributed by atoms with Crippen molar-refractivity contribution in [2.24, 2.45) is 11.8 Å². The Morgan fingerprint density at radius 2 is 1.70 bits per heavy atom. The largest absolute Gasteiger partial charge is 0.493 e. The maximum absolute atomic E-state index is 12.4. The smallest absolute Gasteiger partial charge is 0.326 e. The molecule has 0 aromatic heterocycles. The van der Waals surface area contributed by atoms with Crippen LogP contribution in [0.5, 0.6) is 11.5 Å². The van der Waals surface area contributed by atoms with Gasteiger partial charge in [-0.2, -0.15) is 0 Å². The molecule has 0 radical (unpaired) electrons. The second-order valence-electron chi connectivity index (χ2n) is 7.27. The van der Waals surface area contributed by atoms with Crippen molar-refractivity contribution in [3.05, 3.63) is 24.3 Å². The number of amides is 3. The minimum absolute atomic E-state index is 0.208. The summed E-state index contributed by atoms with van der Waals surface area (Å²) in [5.41, 5.74) is 0. The van der Waals surface area contributed by atoms with E-state index in [1.807, 2.05) is 6.07 Å². The van der Waals surface area contributed by atoms with E-state index in [0.717, 1.165) is 17.7 Å². The van der Waals surface area contributed by atoms with E-state index in [2.05, 4.69) is 5.32 Å². The SMILES string of the molecule is COc1ccccc1OCCNC(=O)COC(=O)CN1C(=O)[C@H]2CCCC[C@H]2C1=O. The molecule has 3 amide bonds. The summed E-state index contributed by atoms with van der Waals surface area (Å²) in [4.78, 5) is 49.5. The number of carbonyl (C=O) groups is 4. The first-order chi connectivity index (χ1) is 14.5. The van der Waals surface area contributed by atoms with Gasteiger partial charge in [-0.15, -0.1) is 0 Å². The number of hydrogen-bond acceptors (Lipinski definition) is 7. The molecular formula is C21H26N2O7. The molecule has 0 bridgehead atoms. The minimum atomic E-state index is -0.782. The number of benzene rings is 1. The fourth-order valence-corrected chi connectivity index (χ4v) is 3.85. The normalized spacial score (nSPS) is 20.5. The summed E-state index contributed by atoms with van der Waals surface area (Å²) >= 11 is 0. The summed E-state index contributed by atoms with van der Waals surface area (Å²) in [7, 11) is 1.54. The van der Waals surface area contributed by atoms with Gasteiger partial charge in [0.05, 0.1) is 25.5 Å². The van der Waals surface area contributed by atoms with Crippen LogP contribution in [0.15, 0.2) is 24.3 Å². The van der Waals surface area contributed by atoms with Crippen LogP contribution in [-0.2, 0) is 23.9 Å². The lowest BCUT2D eigenvalue weighted by atomic mass is 9.81. The number of hydrogen-bond donors (Lipinski definition) is 1. The Balaban J connectivity index is 1.35. The number of ether oxygens (including phenoxy) is 3. The zero-order valence-corrected chi connectivity index (χ0v) is 16.9. The first-order valence-corrected chi connectivity index (χ1v) is 10.0. The van der Waals surface area contributed by atoms with E-state index in [4.69, 9.17) is 14.2 Å². The van der Waals surface area contributed by atoms with Crippen molar-refractivity contribution in [3.63, 3.8) is 0 Å². The van der Waals surface area contributed by atoms with Crippen molar-refractivity contribution >= 4 is 23.7 Å². The molecule has 1 heterocycles. The van der Waals surface area contributed by atoms with Gasteiger partial charge in [0.1, 0.15) is 13.2 Å². The Labute approximate surface area is 174 Å². The van der Waals surface area contributed by atoms with E-state index in [-0.39, 0.29) is 36.8 Å². The molecule has 9 heteroatoms. The molecule has 1 aliphatic heterocycles. The molecule has 30 heavy (non-hydrogen) atoms. The number of fused-ring (bicyclic) bond motifs is 1. The van der Waals surface area contributed by atoms with Gasteiger partial charge in [0.2, 0.25) is 11.8 Å². The first-order valence-electron chi connectivity index (χ1n) is 10.0. The second kappa shape index (κ2) is 10.1. The van der Waals surface area contributed by atoms with Crippen molar-refractivity contribution in [2.45, 2.75) is 25.7 Å². The van der Waals surface area contributed by atoms with Gasteiger partial charge in [-0.05, 0) is 25.0 Å². The fraction of sp³-hybridized carbons (Fsp3) is 0.524. The van der Waals surface area contributed by atoms with Gasteiger partial charge in [0.15, 0.2) is 18.1 Å². The molecule has 1 saturated carbocycles. The van der Waals surface area contributed by atoms with Crippen molar-refractivity contribution in [1.29, 1.82) is 0 Å². The highest BCUT2D eigenvalue weighted by atomic mass is 16.5. The molecule has 3 rings (SSSR count). The highest BCUT2D eigenvalue weighted by Gasteiger charge is 2.48. The van der Waals surface area contributed by atoms with Crippen LogP contribution in [0.25, 0.3) is 0 Å². The summed E-state index contributed by atoms with van der Waals surface area (Å²) in [6, 6.07) is 7.14. The zero-order chi connectivity index (χ0) is 21.5. The van der Waals surface area contributed by atoms with Gasteiger partial charge in [-0.1, -0.05) is 25.0 Å². The number of carbonyl (C=O) groups excluding carboxylic acids is 4. The molecule has 1 aromatic carbocycles. The van der Waals surface area contributed by atoms with Gasteiger partial charge in [-0.25, -0.2) is 0 Å².